The van der Waals surface area contributed by atoms with Crippen molar-refractivity contribution in [1.29, 1.82) is 0 Å². The number of nitrogens with zero attached hydrogens (tertiary/aromatic N) is 3. The summed E-state index contributed by atoms with van der Waals surface area (Å²) in [7, 11) is 0. The summed E-state index contributed by atoms with van der Waals surface area (Å²) in [5.74, 6) is -0.118. The minimum atomic E-state index is -0.118. The molecule has 0 aliphatic carbocycles. The molecule has 1 heterocycles. The molecule has 13 heavy (non-hydrogen) atoms. The molecule has 0 radical (unpaired) electrons. The third-order valence-electron chi connectivity index (χ3n) is 1.67. The van der Waals surface area contributed by atoms with Gasteiger partial charge in [0.25, 0.3) is 0 Å². The van der Waals surface area contributed by atoms with Gasteiger partial charge in [-0.05, 0) is 6.42 Å². The van der Waals surface area contributed by atoms with Gasteiger partial charge in [0.15, 0.2) is 0 Å². The molecule has 0 atom stereocenters. The molecule has 0 fully saturated rings. The van der Waals surface area contributed by atoms with Crippen molar-refractivity contribution < 1.29 is 4.79 Å². The van der Waals surface area contributed by atoms with Gasteiger partial charge in [0.2, 0.25) is 5.91 Å². The molecular weight excluding hydrogens is 190 g/mol. The maximum absolute atomic E-state index is 10.7. The second-order valence-corrected chi connectivity index (χ2v) is 3.17. The zero-order valence-corrected chi connectivity index (χ0v) is 8.24. The van der Waals surface area contributed by atoms with Crippen LogP contribution in [0.3, 0.4) is 0 Å². The zero-order valence-electron chi connectivity index (χ0n) is 7.48. The van der Waals surface area contributed by atoms with Crippen molar-refractivity contribution >= 4 is 17.7 Å². The van der Waals surface area contributed by atoms with Crippen LogP contribution >= 0.6 is 11.8 Å². The van der Waals surface area contributed by atoms with Crippen molar-refractivity contribution in [1.82, 2.24) is 14.0 Å². The van der Waals surface area contributed by atoms with Gasteiger partial charge < -0.3 is 4.57 Å². The minimum Gasteiger partial charge on any atom is -0.337 e. The van der Waals surface area contributed by atoms with Crippen LogP contribution in [0.25, 0.3) is 0 Å². The first kappa shape index (κ1) is 10.1. The highest BCUT2D eigenvalue weighted by atomic mass is 35.5. The quantitative estimate of drug-likeness (QED) is 0.689. The molecule has 1 aromatic heterocycles. The van der Waals surface area contributed by atoms with E-state index in [1.807, 2.05) is 10.8 Å². The molecule has 0 saturated heterocycles. The lowest BCUT2D eigenvalue weighted by Crippen LogP contribution is -2.20. The van der Waals surface area contributed by atoms with E-state index in [2.05, 4.69) is 4.98 Å². The molecule has 5 heteroatoms. The number of carbonyl (C=O) groups excluding carboxylic acids is 1. The fourth-order valence-electron chi connectivity index (χ4n) is 0.969. The Labute approximate surface area is 82.2 Å². The topological polar surface area (TPSA) is 38.1 Å². The van der Waals surface area contributed by atoms with Crippen LogP contribution in [-0.4, -0.2) is 26.4 Å². The average Bonchev–Trinajstić information content (AvgIpc) is 2.56. The summed E-state index contributed by atoms with van der Waals surface area (Å²) in [6.45, 7) is 2.84. The lowest BCUT2D eigenvalue weighted by molar-refractivity contribution is -0.124. The first-order chi connectivity index (χ1) is 6.20. The van der Waals surface area contributed by atoms with Gasteiger partial charge >= 0.3 is 0 Å². The van der Waals surface area contributed by atoms with Crippen LogP contribution < -0.4 is 0 Å². The molecule has 0 unspecified atom stereocenters. The Hall–Kier alpha value is -1.03. The zero-order chi connectivity index (χ0) is 9.68. The largest absolute Gasteiger partial charge is 0.337 e. The number of halogens is 1. The number of aryl methyl sites for hydroxylation is 1. The van der Waals surface area contributed by atoms with Gasteiger partial charge in [-0.2, -0.15) is 0 Å². The minimum absolute atomic E-state index is 0.118. The Bertz CT molecular complexity index is 260. The molecule has 0 saturated carbocycles. The van der Waals surface area contributed by atoms with E-state index in [9.17, 15) is 4.79 Å². The molecule has 72 valence electrons. The van der Waals surface area contributed by atoms with Gasteiger partial charge in [-0.3, -0.25) is 9.21 Å². The van der Waals surface area contributed by atoms with Gasteiger partial charge in [-0.25, -0.2) is 4.98 Å². The van der Waals surface area contributed by atoms with Gasteiger partial charge in [0, 0.05) is 44.2 Å². The summed E-state index contributed by atoms with van der Waals surface area (Å²) in [5, 5.41) is 0. The summed E-state index contributed by atoms with van der Waals surface area (Å²) >= 11 is 5.61. The molecule has 1 amide bonds. The third kappa shape index (κ3) is 3.46. The maximum Gasteiger partial charge on any atom is 0.233 e. The fourth-order valence-corrected chi connectivity index (χ4v) is 1.09. The summed E-state index contributed by atoms with van der Waals surface area (Å²) in [6, 6.07) is 0. The predicted molar refractivity (Wildman–Crippen MR) is 50.1 cm³/mol. The molecule has 0 aliphatic rings. The molecule has 0 bridgehead atoms. The molecule has 4 nitrogen and oxygen atoms in total. The van der Waals surface area contributed by atoms with Gasteiger partial charge in [0.1, 0.15) is 0 Å². The highest BCUT2D eigenvalue weighted by Crippen LogP contribution is 1.98. The van der Waals surface area contributed by atoms with Gasteiger partial charge in [0.05, 0.1) is 6.33 Å². The van der Waals surface area contributed by atoms with E-state index in [1.54, 1.807) is 12.5 Å². The highest BCUT2D eigenvalue weighted by Gasteiger charge is 2.03. The fraction of sp³-hybridized carbons (Fsp3) is 0.500. The Morgan fingerprint density at radius 2 is 2.46 bits per heavy atom. The second-order valence-electron chi connectivity index (χ2n) is 2.76. The van der Waals surface area contributed by atoms with Crippen LogP contribution in [0.5, 0.6) is 0 Å². The number of hydrogen-bond donors (Lipinski definition) is 0. The van der Waals surface area contributed by atoms with Crippen molar-refractivity contribution in [2.45, 2.75) is 19.9 Å². The molecule has 1 rings (SSSR count). The van der Waals surface area contributed by atoms with Crippen LogP contribution in [0.1, 0.15) is 13.3 Å². The smallest absolute Gasteiger partial charge is 0.233 e. The van der Waals surface area contributed by atoms with Crippen LogP contribution in [0.4, 0.5) is 0 Å². The number of rotatable bonds is 4. The van der Waals surface area contributed by atoms with E-state index in [0.29, 0.717) is 6.54 Å². The van der Waals surface area contributed by atoms with Crippen molar-refractivity contribution in [3.8, 4) is 0 Å². The predicted octanol–water partition coefficient (Wildman–Crippen LogP) is 1.28. The molecule has 0 aromatic carbocycles. The number of hydrogen-bond acceptors (Lipinski definition) is 2. The first-order valence-electron chi connectivity index (χ1n) is 4.10. The van der Waals surface area contributed by atoms with E-state index >= 15 is 0 Å². The van der Waals surface area contributed by atoms with Crippen molar-refractivity contribution in [3.63, 3.8) is 0 Å². The number of amides is 1. The molecule has 0 aliphatic heterocycles. The third-order valence-corrected chi connectivity index (χ3v) is 2.08. The van der Waals surface area contributed by atoms with E-state index in [0.717, 1.165) is 13.0 Å². The SMILES string of the molecule is CC(=O)N(Cl)CCCn1ccnc1. The van der Waals surface area contributed by atoms with Gasteiger partial charge in [-0.1, -0.05) is 0 Å². The van der Waals surface area contributed by atoms with Crippen LogP contribution in [-0.2, 0) is 11.3 Å². The average molecular weight is 202 g/mol. The maximum atomic E-state index is 10.7. The standard InChI is InChI=1S/C8H12ClN3O/c1-8(13)12(9)5-2-4-11-6-3-10-7-11/h3,6-7H,2,4-5H2,1H3. The summed E-state index contributed by atoms with van der Waals surface area (Å²) in [4.78, 5) is 14.6. The van der Waals surface area contributed by atoms with E-state index < -0.39 is 0 Å². The first-order valence-corrected chi connectivity index (χ1v) is 4.43. The Morgan fingerprint density at radius 3 is 3.00 bits per heavy atom. The van der Waals surface area contributed by atoms with Crippen LogP contribution in [0.2, 0.25) is 0 Å². The number of carbonyl (C=O) groups is 1. The van der Waals surface area contributed by atoms with Gasteiger partial charge in [-0.15, -0.1) is 0 Å². The summed E-state index contributed by atoms with van der Waals surface area (Å²) in [6.07, 6.45) is 6.18. The summed E-state index contributed by atoms with van der Waals surface area (Å²) in [5.41, 5.74) is 0. The molecule has 1 aromatic rings. The number of aromatic nitrogens is 2. The Balaban J connectivity index is 2.18. The second kappa shape index (κ2) is 4.87. The van der Waals surface area contributed by atoms with Crippen molar-refractivity contribution in [2.75, 3.05) is 6.54 Å². The molecule has 0 spiro atoms. The normalized spacial score (nSPS) is 10.0. The highest BCUT2D eigenvalue weighted by molar-refractivity contribution is 6.20. The lowest BCUT2D eigenvalue weighted by Gasteiger charge is -2.10. The monoisotopic (exact) mass is 201 g/mol. The van der Waals surface area contributed by atoms with E-state index in [-0.39, 0.29) is 5.91 Å². The molecule has 0 N–H and O–H groups in total. The Morgan fingerprint density at radius 1 is 1.69 bits per heavy atom. The van der Waals surface area contributed by atoms with Crippen LogP contribution in [0.15, 0.2) is 18.7 Å². The van der Waals surface area contributed by atoms with Crippen molar-refractivity contribution in [2.24, 2.45) is 0 Å². The summed E-state index contributed by atoms with van der Waals surface area (Å²) < 4.78 is 3.14. The van der Waals surface area contributed by atoms with Crippen molar-refractivity contribution in [3.05, 3.63) is 18.7 Å². The Kier molecular flexibility index (Phi) is 3.76. The van der Waals surface area contributed by atoms with E-state index in [1.165, 1.54) is 11.3 Å². The van der Waals surface area contributed by atoms with E-state index in [4.69, 9.17) is 11.8 Å². The molecular formula is C8H12ClN3O. The lowest BCUT2D eigenvalue weighted by atomic mass is 10.4. The number of imidazole rings is 1. The van der Waals surface area contributed by atoms with Crippen LogP contribution in [0, 0.1) is 0 Å².